The van der Waals surface area contributed by atoms with Gasteiger partial charge in [0.15, 0.2) is 0 Å². The lowest BCUT2D eigenvalue weighted by molar-refractivity contribution is -0.147. The zero-order chi connectivity index (χ0) is 25.7. The van der Waals surface area contributed by atoms with Crippen molar-refractivity contribution < 1.29 is 9.90 Å². The number of carbonyl (C=O) groups excluding carboxylic acids is 1. The molecule has 3 aromatic rings. The number of nitrogens with one attached hydrogen (secondary N) is 1. The third kappa shape index (κ3) is 4.64. The summed E-state index contributed by atoms with van der Waals surface area (Å²) in [5.41, 5.74) is 3.83. The number of aliphatic hydroxyl groups excluding tert-OH is 1. The normalized spacial score (nSPS) is 19.8. The molecule has 1 saturated heterocycles. The molecule has 37 heavy (non-hydrogen) atoms. The third-order valence-electron chi connectivity index (χ3n) is 8.46. The van der Waals surface area contributed by atoms with Crippen LogP contribution in [0.5, 0.6) is 0 Å². The Morgan fingerprint density at radius 3 is 2.70 bits per heavy atom. The molecule has 2 N–H and O–H groups in total. The molecular weight excluding hydrogens is 466 g/mol. The van der Waals surface area contributed by atoms with Crippen LogP contribution in [0, 0.1) is 12.3 Å². The van der Waals surface area contributed by atoms with E-state index in [2.05, 4.69) is 39.5 Å². The van der Waals surface area contributed by atoms with Gasteiger partial charge in [-0.25, -0.2) is 4.98 Å². The van der Waals surface area contributed by atoms with Gasteiger partial charge in [-0.1, -0.05) is 24.3 Å². The van der Waals surface area contributed by atoms with Crippen molar-refractivity contribution in [3.63, 3.8) is 0 Å². The fourth-order valence-electron chi connectivity index (χ4n) is 6.51. The van der Waals surface area contributed by atoms with E-state index in [9.17, 15) is 14.7 Å². The first-order valence-electron chi connectivity index (χ1n) is 13.3. The standard InChI is InChI=1S/C29H35N5O3/c1-19-13-33(16-24(36)15-32-8-7-21-5-3-4-6-22(21)14-32)28(37)25-9-27(30-12-26(19)25)31-23-10-29(11-23)17-34(18-29)20(2)35/h3-6,9,12-13,23-24,36H,7-8,10-11,14-18H2,1-2H3,(H,30,31)/t24-/m1/s1. The van der Waals surface area contributed by atoms with Gasteiger partial charge >= 0.3 is 0 Å². The maximum Gasteiger partial charge on any atom is 0.258 e. The lowest BCUT2D eigenvalue weighted by Gasteiger charge is -2.59. The molecule has 6 rings (SSSR count). The van der Waals surface area contributed by atoms with Crippen molar-refractivity contribution in [2.24, 2.45) is 5.41 Å². The number of carbonyl (C=O) groups is 1. The predicted molar refractivity (Wildman–Crippen MR) is 144 cm³/mol. The van der Waals surface area contributed by atoms with Crippen molar-refractivity contribution in [3.05, 3.63) is 69.8 Å². The van der Waals surface area contributed by atoms with Crippen molar-refractivity contribution in [2.75, 3.05) is 31.5 Å². The first-order valence-corrected chi connectivity index (χ1v) is 13.3. The van der Waals surface area contributed by atoms with Gasteiger partial charge in [-0.05, 0) is 48.9 Å². The number of amides is 1. The first-order chi connectivity index (χ1) is 17.8. The van der Waals surface area contributed by atoms with Crippen LogP contribution < -0.4 is 10.9 Å². The molecule has 2 fully saturated rings. The van der Waals surface area contributed by atoms with E-state index >= 15 is 0 Å². The molecule has 194 valence electrons. The quantitative estimate of drug-likeness (QED) is 0.540. The largest absolute Gasteiger partial charge is 0.390 e. The molecule has 3 aliphatic rings. The van der Waals surface area contributed by atoms with Gasteiger partial charge in [-0.15, -0.1) is 0 Å². The number of aryl methyl sites for hydroxylation is 1. The SMILES string of the molecule is CC(=O)N1CC2(CC(Nc3cc4c(=O)n(C[C@H](O)CN5CCc6ccccc6C5)cc(C)c4cn3)C2)C1. The van der Waals surface area contributed by atoms with E-state index in [0.29, 0.717) is 23.8 Å². The number of rotatable bonds is 6. The molecule has 1 aliphatic carbocycles. The Morgan fingerprint density at radius 1 is 1.19 bits per heavy atom. The minimum Gasteiger partial charge on any atom is -0.390 e. The second-order valence-corrected chi connectivity index (χ2v) is 11.4. The Morgan fingerprint density at radius 2 is 1.95 bits per heavy atom. The topological polar surface area (TPSA) is 90.7 Å². The number of β-amino-alcohol motifs (C(OH)–C–C–N with tert-alkyl or cyclic N) is 1. The zero-order valence-electron chi connectivity index (χ0n) is 21.6. The highest BCUT2D eigenvalue weighted by Gasteiger charge is 2.53. The molecule has 0 radical (unpaired) electrons. The summed E-state index contributed by atoms with van der Waals surface area (Å²) in [7, 11) is 0. The highest BCUT2D eigenvalue weighted by molar-refractivity contribution is 5.85. The van der Waals surface area contributed by atoms with Crippen LogP contribution in [0.15, 0.2) is 47.5 Å². The van der Waals surface area contributed by atoms with E-state index < -0.39 is 6.10 Å². The van der Waals surface area contributed by atoms with Crippen LogP contribution >= 0.6 is 0 Å². The second-order valence-electron chi connectivity index (χ2n) is 11.4. The van der Waals surface area contributed by atoms with Crippen molar-refractivity contribution in [2.45, 2.75) is 58.3 Å². The van der Waals surface area contributed by atoms with Gasteiger partial charge in [0.1, 0.15) is 5.82 Å². The minimum atomic E-state index is -0.637. The number of aromatic nitrogens is 2. The smallest absolute Gasteiger partial charge is 0.258 e. The molecule has 2 aromatic heterocycles. The summed E-state index contributed by atoms with van der Waals surface area (Å²) in [5, 5.41) is 15.8. The molecule has 8 heteroatoms. The monoisotopic (exact) mass is 501 g/mol. The van der Waals surface area contributed by atoms with E-state index in [1.807, 2.05) is 24.1 Å². The van der Waals surface area contributed by atoms with Crippen molar-refractivity contribution in [1.29, 1.82) is 0 Å². The maximum absolute atomic E-state index is 13.4. The highest BCUT2D eigenvalue weighted by atomic mass is 16.3. The molecule has 1 spiro atoms. The van der Waals surface area contributed by atoms with E-state index in [4.69, 9.17) is 0 Å². The summed E-state index contributed by atoms with van der Waals surface area (Å²) in [6.07, 6.45) is 5.99. The minimum absolute atomic E-state index is 0.102. The summed E-state index contributed by atoms with van der Waals surface area (Å²) in [6.45, 7) is 7.84. The van der Waals surface area contributed by atoms with E-state index in [0.717, 1.165) is 56.4 Å². The maximum atomic E-state index is 13.4. The number of hydrogen-bond acceptors (Lipinski definition) is 6. The average Bonchev–Trinajstić information content (AvgIpc) is 2.82. The molecule has 1 saturated carbocycles. The Labute approximate surface area is 216 Å². The molecule has 8 nitrogen and oxygen atoms in total. The molecular formula is C29H35N5O3. The summed E-state index contributed by atoms with van der Waals surface area (Å²) >= 11 is 0. The number of aliphatic hydroxyl groups is 1. The number of pyridine rings is 2. The van der Waals surface area contributed by atoms with Crippen LogP contribution in [0.2, 0.25) is 0 Å². The molecule has 4 heterocycles. The van der Waals surface area contributed by atoms with Crippen molar-refractivity contribution in [3.8, 4) is 0 Å². The van der Waals surface area contributed by atoms with Crippen LogP contribution in [0.25, 0.3) is 10.8 Å². The van der Waals surface area contributed by atoms with Gasteiger partial charge in [0, 0.05) is 68.9 Å². The summed E-state index contributed by atoms with van der Waals surface area (Å²) in [5.74, 6) is 0.855. The number of anilines is 1. The van der Waals surface area contributed by atoms with Crippen LogP contribution in [0.3, 0.4) is 0 Å². The average molecular weight is 502 g/mol. The van der Waals surface area contributed by atoms with Crippen LogP contribution in [-0.4, -0.2) is 68.7 Å². The molecule has 0 bridgehead atoms. The molecule has 1 aromatic carbocycles. The number of nitrogens with zero attached hydrogens (tertiary/aromatic N) is 4. The van der Waals surface area contributed by atoms with Crippen LogP contribution in [0.4, 0.5) is 5.82 Å². The fourth-order valence-corrected chi connectivity index (χ4v) is 6.51. The van der Waals surface area contributed by atoms with Gasteiger partial charge in [-0.2, -0.15) is 0 Å². The number of likely N-dealkylation sites (tertiary alicyclic amines) is 1. The summed E-state index contributed by atoms with van der Waals surface area (Å²) in [6, 6.07) is 10.6. The first kappa shape index (κ1) is 24.1. The van der Waals surface area contributed by atoms with Gasteiger partial charge in [-0.3, -0.25) is 14.5 Å². The van der Waals surface area contributed by atoms with E-state index in [1.165, 1.54) is 11.1 Å². The lowest BCUT2D eigenvalue weighted by atomic mass is 9.60. The molecule has 2 aliphatic heterocycles. The Kier molecular flexibility index (Phi) is 6.04. The molecule has 1 atom stereocenters. The second kappa shape index (κ2) is 9.26. The van der Waals surface area contributed by atoms with E-state index in [1.54, 1.807) is 17.7 Å². The van der Waals surface area contributed by atoms with Gasteiger partial charge in [0.05, 0.1) is 18.0 Å². The van der Waals surface area contributed by atoms with Gasteiger partial charge in [0.2, 0.25) is 5.91 Å². The fraction of sp³-hybridized carbons (Fsp3) is 0.483. The van der Waals surface area contributed by atoms with Gasteiger partial charge < -0.3 is 19.9 Å². The molecule has 1 amide bonds. The highest BCUT2D eigenvalue weighted by Crippen LogP contribution is 2.49. The Bertz CT molecular complexity index is 1400. The number of fused-ring (bicyclic) bond motifs is 2. The third-order valence-corrected chi connectivity index (χ3v) is 8.46. The number of benzene rings is 1. The van der Waals surface area contributed by atoms with Gasteiger partial charge in [0.25, 0.3) is 5.56 Å². The summed E-state index contributed by atoms with van der Waals surface area (Å²) in [4.78, 5) is 33.6. The Balaban J connectivity index is 1.12. The molecule has 0 unspecified atom stereocenters. The predicted octanol–water partition coefficient (Wildman–Crippen LogP) is 2.55. The van der Waals surface area contributed by atoms with E-state index in [-0.39, 0.29) is 23.4 Å². The van der Waals surface area contributed by atoms with Crippen LogP contribution in [0.1, 0.15) is 36.5 Å². The van der Waals surface area contributed by atoms with Crippen molar-refractivity contribution in [1.82, 2.24) is 19.4 Å². The summed E-state index contributed by atoms with van der Waals surface area (Å²) < 4.78 is 1.65. The van der Waals surface area contributed by atoms with Crippen LogP contribution in [-0.2, 0) is 24.3 Å². The van der Waals surface area contributed by atoms with Crippen molar-refractivity contribution >= 4 is 22.5 Å². The zero-order valence-corrected chi connectivity index (χ0v) is 21.6. The number of hydrogen-bond donors (Lipinski definition) is 2. The Hall–Kier alpha value is -3.23. The lowest BCUT2D eigenvalue weighted by Crippen LogP contribution is -2.65.